The molecule has 0 saturated heterocycles. The highest BCUT2D eigenvalue weighted by Gasteiger charge is 2.43. The first-order valence-corrected chi connectivity index (χ1v) is 30.0. The van der Waals surface area contributed by atoms with Gasteiger partial charge in [0.05, 0.1) is 27.8 Å². The molecule has 15 aromatic rings. The van der Waals surface area contributed by atoms with Gasteiger partial charge in [0, 0.05) is 38.4 Å². The summed E-state index contributed by atoms with van der Waals surface area (Å²) in [5, 5.41) is 10.2. The molecule has 380 valence electrons. The minimum absolute atomic E-state index is 1.15. The number of aromatic nitrogens is 2. The largest absolute Gasteiger partial charge is 0.309 e. The van der Waals surface area contributed by atoms with Crippen molar-refractivity contribution < 1.29 is 0 Å². The Morgan fingerprint density at radius 2 is 0.630 bits per heavy atom. The normalized spacial score (nSPS) is 11.7. The Kier molecular flexibility index (Phi) is 11.9. The molecule has 0 saturated carbocycles. The van der Waals surface area contributed by atoms with E-state index >= 15 is 0 Å². The molecule has 0 aliphatic carbocycles. The molecule has 0 amide bonds. The van der Waals surface area contributed by atoms with E-state index in [0.29, 0.717) is 0 Å². The van der Waals surface area contributed by atoms with Crippen molar-refractivity contribution >= 4 is 72.4 Å². The van der Waals surface area contributed by atoms with E-state index in [1.807, 2.05) is 0 Å². The zero-order valence-corrected chi connectivity index (χ0v) is 45.6. The van der Waals surface area contributed by atoms with Crippen molar-refractivity contribution in [2.45, 2.75) is 0 Å². The average Bonchev–Trinajstić information content (AvgIpc) is 4.12. The summed E-state index contributed by atoms with van der Waals surface area (Å²) in [5.41, 5.74) is 18.8. The van der Waals surface area contributed by atoms with E-state index in [2.05, 4.69) is 337 Å². The van der Waals surface area contributed by atoms with Crippen LogP contribution < -0.4 is 20.7 Å². The number of hydrogen-bond donors (Lipinski definition) is 0. The lowest BCUT2D eigenvalue weighted by Crippen LogP contribution is -2.74. The number of para-hydroxylation sites is 3. The molecule has 0 spiro atoms. The van der Waals surface area contributed by atoms with Gasteiger partial charge in [-0.15, -0.1) is 0 Å². The summed E-state index contributed by atoms with van der Waals surface area (Å²) in [6.07, 6.45) is 0. The summed E-state index contributed by atoms with van der Waals surface area (Å²) in [6.45, 7) is 0. The van der Waals surface area contributed by atoms with E-state index in [0.717, 1.165) is 33.5 Å². The standard InChI is InChI=1S/C78H54N2Si/c1-8-27-55(28-9-1)60-49-61(56-29-10-2-11-30-56)51-65(50-60)81(63-37-18-6-19-38-63,64-39-20-7-21-40-64)66-53-70(57-31-12-3-13-32-57)78(71(54-66)58-33-14-4-15-34-58)80-73-44-24-22-41-68(73)72-52-59(47-48-75(72)80)67-43-26-46-76-77(67)69-42-23-25-45-74(69)79(76)62-35-16-5-17-36-62/h1-54H. The van der Waals surface area contributed by atoms with Gasteiger partial charge in [-0.25, -0.2) is 0 Å². The Morgan fingerprint density at radius 1 is 0.210 bits per heavy atom. The lowest BCUT2D eigenvalue weighted by Gasteiger charge is -2.36. The highest BCUT2D eigenvalue weighted by Crippen LogP contribution is 2.44. The Balaban J connectivity index is 1.05. The van der Waals surface area contributed by atoms with Crippen molar-refractivity contribution in [2.24, 2.45) is 0 Å². The number of benzene rings is 13. The molecule has 3 heteroatoms. The predicted octanol–water partition coefficient (Wildman–Crippen LogP) is 17.6. The maximum atomic E-state index is 2.58. The van der Waals surface area contributed by atoms with Gasteiger partial charge < -0.3 is 9.13 Å². The molecule has 0 fully saturated rings. The maximum Gasteiger partial charge on any atom is 0.179 e. The summed E-state index contributed by atoms with van der Waals surface area (Å²) >= 11 is 0. The molecule has 13 aromatic carbocycles. The second-order valence-electron chi connectivity index (χ2n) is 21.1. The van der Waals surface area contributed by atoms with Gasteiger partial charge in [0.15, 0.2) is 8.07 Å². The minimum Gasteiger partial charge on any atom is -0.309 e. The van der Waals surface area contributed by atoms with Crippen LogP contribution in [0.4, 0.5) is 0 Å². The molecular formula is C78H54N2Si. The fourth-order valence-electron chi connectivity index (χ4n) is 13.1. The van der Waals surface area contributed by atoms with Crippen LogP contribution in [0.1, 0.15) is 0 Å². The molecule has 81 heavy (non-hydrogen) atoms. The van der Waals surface area contributed by atoms with Crippen LogP contribution in [0.15, 0.2) is 328 Å². The van der Waals surface area contributed by atoms with Gasteiger partial charge in [-0.3, -0.25) is 0 Å². The molecule has 0 aliphatic heterocycles. The molecule has 15 rings (SSSR count). The maximum absolute atomic E-state index is 3.29. The SMILES string of the molecule is c1ccc(-c2cc(-c3ccccc3)cc([Si](c3ccccc3)(c3ccccc3)c3cc(-c4ccccc4)c(-n4c5ccccc5c5cc(-c6cccc7c6c6ccccc6n7-c6ccccc6)ccc54)c(-c4ccccc4)c3)c2)cc1. The van der Waals surface area contributed by atoms with Crippen LogP contribution >= 0.6 is 0 Å². The van der Waals surface area contributed by atoms with Gasteiger partial charge in [-0.05, 0) is 114 Å². The van der Waals surface area contributed by atoms with E-state index in [4.69, 9.17) is 0 Å². The highest BCUT2D eigenvalue weighted by atomic mass is 28.3. The van der Waals surface area contributed by atoms with Gasteiger partial charge in [-0.2, -0.15) is 0 Å². The Hall–Kier alpha value is -10.3. The Morgan fingerprint density at radius 3 is 1.17 bits per heavy atom. The van der Waals surface area contributed by atoms with Crippen LogP contribution in [0.25, 0.3) is 111 Å². The fraction of sp³-hybridized carbons (Fsp3) is 0. The van der Waals surface area contributed by atoms with Crippen LogP contribution in [0.5, 0.6) is 0 Å². The smallest absolute Gasteiger partial charge is 0.179 e. The van der Waals surface area contributed by atoms with E-state index in [1.165, 1.54) is 97.8 Å². The summed E-state index contributed by atoms with van der Waals surface area (Å²) in [7, 11) is -3.29. The van der Waals surface area contributed by atoms with Crippen molar-refractivity contribution in [1.29, 1.82) is 0 Å². The molecular weight excluding hydrogens is 993 g/mol. The zero-order valence-electron chi connectivity index (χ0n) is 44.6. The van der Waals surface area contributed by atoms with Crippen LogP contribution in [0.3, 0.4) is 0 Å². The third-order valence-electron chi connectivity index (χ3n) is 16.6. The second kappa shape index (κ2) is 20.2. The third-order valence-corrected chi connectivity index (χ3v) is 21.3. The fourth-order valence-corrected chi connectivity index (χ4v) is 17.9. The van der Waals surface area contributed by atoms with E-state index in [1.54, 1.807) is 0 Å². The molecule has 2 nitrogen and oxygen atoms in total. The number of hydrogen-bond acceptors (Lipinski definition) is 0. The van der Waals surface area contributed by atoms with Crippen LogP contribution in [-0.4, -0.2) is 17.2 Å². The monoisotopic (exact) mass is 1050 g/mol. The van der Waals surface area contributed by atoms with Crippen molar-refractivity contribution in [3.05, 3.63) is 328 Å². The highest BCUT2D eigenvalue weighted by molar-refractivity contribution is 7.20. The molecule has 2 aromatic heterocycles. The Labute approximate surface area is 473 Å². The predicted molar refractivity (Wildman–Crippen MR) is 346 cm³/mol. The topological polar surface area (TPSA) is 9.86 Å². The lowest BCUT2D eigenvalue weighted by molar-refractivity contribution is 1.18. The van der Waals surface area contributed by atoms with Gasteiger partial charge in [0.2, 0.25) is 0 Å². The molecule has 2 heterocycles. The number of rotatable bonds is 11. The van der Waals surface area contributed by atoms with Crippen LogP contribution in [-0.2, 0) is 0 Å². The molecule has 0 N–H and O–H groups in total. The molecule has 0 aliphatic rings. The molecule has 0 atom stereocenters. The number of nitrogens with zero attached hydrogens (tertiary/aromatic N) is 2. The first-order chi connectivity index (χ1) is 40.2. The molecule has 0 radical (unpaired) electrons. The van der Waals surface area contributed by atoms with E-state index in [9.17, 15) is 0 Å². The summed E-state index contributed by atoms with van der Waals surface area (Å²) < 4.78 is 4.98. The quantitative estimate of drug-likeness (QED) is 0.0902. The second-order valence-corrected chi connectivity index (χ2v) is 24.9. The van der Waals surface area contributed by atoms with Gasteiger partial charge in [-0.1, -0.05) is 279 Å². The van der Waals surface area contributed by atoms with E-state index < -0.39 is 8.07 Å². The first-order valence-electron chi connectivity index (χ1n) is 28.0. The van der Waals surface area contributed by atoms with Crippen LogP contribution in [0, 0.1) is 0 Å². The summed E-state index contributed by atoms with van der Waals surface area (Å²) in [5.74, 6) is 0. The molecule has 0 unspecified atom stereocenters. The van der Waals surface area contributed by atoms with E-state index in [-0.39, 0.29) is 0 Å². The first kappa shape index (κ1) is 47.9. The van der Waals surface area contributed by atoms with Crippen molar-refractivity contribution in [2.75, 3.05) is 0 Å². The molecule has 0 bridgehead atoms. The summed E-state index contributed by atoms with van der Waals surface area (Å²) in [4.78, 5) is 0. The van der Waals surface area contributed by atoms with Crippen molar-refractivity contribution in [3.8, 4) is 67.0 Å². The minimum atomic E-state index is -3.29. The van der Waals surface area contributed by atoms with Crippen molar-refractivity contribution in [1.82, 2.24) is 9.13 Å². The number of fused-ring (bicyclic) bond motifs is 6. The average molecular weight is 1050 g/mol. The van der Waals surface area contributed by atoms with Gasteiger partial charge >= 0.3 is 0 Å². The third kappa shape index (κ3) is 8.08. The zero-order chi connectivity index (χ0) is 53.7. The van der Waals surface area contributed by atoms with Crippen LogP contribution in [0.2, 0.25) is 0 Å². The van der Waals surface area contributed by atoms with Gasteiger partial charge in [0.1, 0.15) is 0 Å². The lowest BCUT2D eigenvalue weighted by atomic mass is 9.95. The summed E-state index contributed by atoms with van der Waals surface area (Å²) in [6, 6.07) is 122. The van der Waals surface area contributed by atoms with Crippen molar-refractivity contribution in [3.63, 3.8) is 0 Å². The van der Waals surface area contributed by atoms with Gasteiger partial charge in [0.25, 0.3) is 0 Å². The Bertz CT molecular complexity index is 4600.